The predicted molar refractivity (Wildman–Crippen MR) is 65.2 cm³/mol. The van der Waals surface area contributed by atoms with Gasteiger partial charge in [0, 0.05) is 18.5 Å². The van der Waals surface area contributed by atoms with Crippen molar-refractivity contribution in [3.05, 3.63) is 0 Å². The second-order valence-corrected chi connectivity index (χ2v) is 5.47. The molecule has 1 fully saturated rings. The molecule has 3 heteroatoms. The number of carbonyl (C=O) groups excluding carboxylic acids is 1. The third kappa shape index (κ3) is 3.48. The fourth-order valence-corrected chi connectivity index (χ4v) is 2.30. The Kier molecular flexibility index (Phi) is 4.78. The van der Waals surface area contributed by atoms with Gasteiger partial charge < -0.3 is 10.0 Å². The van der Waals surface area contributed by atoms with Crippen molar-refractivity contribution in [1.29, 1.82) is 0 Å². The number of hydrogen-bond acceptors (Lipinski definition) is 2. The molecule has 0 saturated carbocycles. The number of aliphatic hydroxyl groups excluding tert-OH is 1. The standard InChI is InChI=1S/C13H25NO2/c1-4-5-6-7-12(16)14-10-11(15)8-9-13(14,2)3/h11,15H,4-10H2,1-3H3. The molecule has 1 saturated heterocycles. The Labute approximate surface area is 98.8 Å². The monoisotopic (exact) mass is 227 g/mol. The molecule has 1 N–H and O–H groups in total. The summed E-state index contributed by atoms with van der Waals surface area (Å²) in [6.07, 6.45) is 5.23. The topological polar surface area (TPSA) is 40.5 Å². The summed E-state index contributed by atoms with van der Waals surface area (Å²) >= 11 is 0. The molecule has 1 atom stereocenters. The molecule has 1 heterocycles. The first-order valence-corrected chi connectivity index (χ1v) is 6.46. The van der Waals surface area contributed by atoms with E-state index in [9.17, 15) is 9.90 Å². The van der Waals surface area contributed by atoms with E-state index in [1.807, 2.05) is 4.90 Å². The molecule has 0 aromatic carbocycles. The van der Waals surface area contributed by atoms with Gasteiger partial charge in [-0.1, -0.05) is 19.8 Å². The molecule has 0 bridgehead atoms. The Morgan fingerprint density at radius 1 is 1.44 bits per heavy atom. The maximum absolute atomic E-state index is 12.0. The van der Waals surface area contributed by atoms with Crippen molar-refractivity contribution in [2.24, 2.45) is 0 Å². The van der Waals surface area contributed by atoms with E-state index in [4.69, 9.17) is 0 Å². The van der Waals surface area contributed by atoms with Gasteiger partial charge in [0.2, 0.25) is 5.91 Å². The van der Waals surface area contributed by atoms with E-state index in [0.717, 1.165) is 32.1 Å². The lowest BCUT2D eigenvalue weighted by Crippen LogP contribution is -2.54. The first-order valence-electron chi connectivity index (χ1n) is 6.46. The van der Waals surface area contributed by atoms with Crippen molar-refractivity contribution < 1.29 is 9.90 Å². The fourth-order valence-electron chi connectivity index (χ4n) is 2.30. The summed E-state index contributed by atoms with van der Waals surface area (Å²) in [4.78, 5) is 13.9. The summed E-state index contributed by atoms with van der Waals surface area (Å²) in [5.41, 5.74) is -0.0808. The quantitative estimate of drug-likeness (QED) is 0.749. The number of piperidine rings is 1. The molecule has 1 aliphatic rings. The Bertz CT molecular complexity index is 238. The number of likely N-dealkylation sites (tertiary alicyclic amines) is 1. The molecule has 3 nitrogen and oxygen atoms in total. The van der Waals surface area contributed by atoms with Crippen LogP contribution in [-0.4, -0.2) is 34.1 Å². The Balaban J connectivity index is 2.51. The Hall–Kier alpha value is -0.570. The largest absolute Gasteiger partial charge is 0.391 e. The van der Waals surface area contributed by atoms with Crippen LogP contribution in [0, 0.1) is 0 Å². The van der Waals surface area contributed by atoms with Gasteiger partial charge in [0.1, 0.15) is 0 Å². The maximum Gasteiger partial charge on any atom is 0.223 e. The van der Waals surface area contributed by atoms with Gasteiger partial charge in [0.25, 0.3) is 0 Å². The molecule has 0 spiro atoms. The Morgan fingerprint density at radius 2 is 2.12 bits per heavy atom. The molecule has 0 aromatic heterocycles. The van der Waals surface area contributed by atoms with E-state index in [0.29, 0.717) is 13.0 Å². The third-order valence-corrected chi connectivity index (χ3v) is 3.51. The normalized spacial score (nSPS) is 24.5. The highest BCUT2D eigenvalue weighted by Crippen LogP contribution is 2.28. The zero-order chi connectivity index (χ0) is 12.2. The summed E-state index contributed by atoms with van der Waals surface area (Å²) in [6.45, 7) is 6.84. The fraction of sp³-hybridized carbons (Fsp3) is 0.923. The molecule has 0 aromatic rings. The molecule has 0 radical (unpaired) electrons. The van der Waals surface area contributed by atoms with Gasteiger partial charge in [-0.3, -0.25) is 4.79 Å². The van der Waals surface area contributed by atoms with Crippen LogP contribution in [0.5, 0.6) is 0 Å². The second-order valence-electron chi connectivity index (χ2n) is 5.47. The Morgan fingerprint density at radius 3 is 2.75 bits per heavy atom. The number of hydrogen-bond donors (Lipinski definition) is 1. The maximum atomic E-state index is 12.0. The summed E-state index contributed by atoms with van der Waals surface area (Å²) in [5.74, 6) is 0.206. The molecule has 1 aliphatic heterocycles. The average molecular weight is 227 g/mol. The van der Waals surface area contributed by atoms with Gasteiger partial charge in [0.15, 0.2) is 0 Å². The van der Waals surface area contributed by atoms with Crippen molar-refractivity contribution in [3.63, 3.8) is 0 Å². The van der Waals surface area contributed by atoms with Crippen LogP contribution >= 0.6 is 0 Å². The first-order chi connectivity index (χ1) is 7.47. The molecule has 1 rings (SSSR count). The van der Waals surface area contributed by atoms with Crippen LogP contribution in [0.3, 0.4) is 0 Å². The highest BCUT2D eigenvalue weighted by molar-refractivity contribution is 5.77. The van der Waals surface area contributed by atoms with Crippen molar-refractivity contribution in [2.75, 3.05) is 6.54 Å². The van der Waals surface area contributed by atoms with Crippen LogP contribution in [0.25, 0.3) is 0 Å². The number of amides is 1. The molecular formula is C13H25NO2. The van der Waals surface area contributed by atoms with Gasteiger partial charge in [-0.2, -0.15) is 0 Å². The van der Waals surface area contributed by atoms with Crippen LogP contribution in [0.15, 0.2) is 0 Å². The molecule has 94 valence electrons. The minimum Gasteiger partial charge on any atom is -0.391 e. The number of rotatable bonds is 4. The summed E-state index contributed by atoms with van der Waals surface area (Å²) in [6, 6.07) is 0. The lowest BCUT2D eigenvalue weighted by molar-refractivity contribution is -0.142. The smallest absolute Gasteiger partial charge is 0.223 e. The van der Waals surface area contributed by atoms with Gasteiger partial charge in [-0.25, -0.2) is 0 Å². The number of aliphatic hydroxyl groups is 1. The second kappa shape index (κ2) is 5.67. The number of unbranched alkanes of at least 4 members (excludes halogenated alkanes) is 2. The minimum atomic E-state index is -0.330. The van der Waals surface area contributed by atoms with E-state index in [2.05, 4.69) is 20.8 Å². The lowest BCUT2D eigenvalue weighted by Gasteiger charge is -2.44. The van der Waals surface area contributed by atoms with Gasteiger partial charge in [-0.05, 0) is 33.1 Å². The third-order valence-electron chi connectivity index (χ3n) is 3.51. The highest BCUT2D eigenvalue weighted by Gasteiger charge is 2.35. The van der Waals surface area contributed by atoms with Crippen LogP contribution in [0.2, 0.25) is 0 Å². The van der Waals surface area contributed by atoms with E-state index in [-0.39, 0.29) is 17.6 Å². The van der Waals surface area contributed by atoms with E-state index in [1.54, 1.807) is 0 Å². The van der Waals surface area contributed by atoms with Crippen LogP contribution in [0.4, 0.5) is 0 Å². The SMILES string of the molecule is CCCCCC(=O)N1CC(O)CCC1(C)C. The van der Waals surface area contributed by atoms with E-state index >= 15 is 0 Å². The molecular weight excluding hydrogens is 202 g/mol. The van der Waals surface area contributed by atoms with Crippen molar-refractivity contribution in [1.82, 2.24) is 4.90 Å². The van der Waals surface area contributed by atoms with Gasteiger partial charge >= 0.3 is 0 Å². The van der Waals surface area contributed by atoms with Gasteiger partial charge in [-0.15, -0.1) is 0 Å². The average Bonchev–Trinajstić information content (AvgIpc) is 2.22. The number of nitrogens with zero attached hydrogens (tertiary/aromatic N) is 1. The zero-order valence-electron chi connectivity index (χ0n) is 10.8. The van der Waals surface area contributed by atoms with Crippen molar-refractivity contribution in [2.45, 2.75) is 70.9 Å². The molecule has 1 amide bonds. The van der Waals surface area contributed by atoms with Crippen LogP contribution in [0.1, 0.15) is 59.3 Å². The molecule has 1 unspecified atom stereocenters. The van der Waals surface area contributed by atoms with Crippen molar-refractivity contribution in [3.8, 4) is 0 Å². The number of β-amino-alcohol motifs (C(OH)–C–C–N with tert-alkyl or cyclic N) is 1. The molecule has 0 aliphatic carbocycles. The summed E-state index contributed by atoms with van der Waals surface area (Å²) < 4.78 is 0. The van der Waals surface area contributed by atoms with E-state index in [1.165, 1.54) is 0 Å². The van der Waals surface area contributed by atoms with Crippen molar-refractivity contribution >= 4 is 5.91 Å². The first kappa shape index (κ1) is 13.5. The predicted octanol–water partition coefficient (Wildman–Crippen LogP) is 2.33. The highest BCUT2D eigenvalue weighted by atomic mass is 16.3. The minimum absolute atomic E-state index is 0.0808. The zero-order valence-corrected chi connectivity index (χ0v) is 10.8. The van der Waals surface area contributed by atoms with Crippen LogP contribution < -0.4 is 0 Å². The summed E-state index contributed by atoms with van der Waals surface area (Å²) in [7, 11) is 0. The number of carbonyl (C=O) groups is 1. The lowest BCUT2D eigenvalue weighted by atomic mass is 9.88. The van der Waals surface area contributed by atoms with Gasteiger partial charge in [0.05, 0.1) is 6.10 Å². The molecule has 16 heavy (non-hydrogen) atoms. The summed E-state index contributed by atoms with van der Waals surface area (Å²) in [5, 5.41) is 9.64. The van der Waals surface area contributed by atoms with Crippen LogP contribution in [-0.2, 0) is 4.79 Å². The van der Waals surface area contributed by atoms with E-state index < -0.39 is 0 Å².